The van der Waals surface area contributed by atoms with Gasteiger partial charge in [0.2, 0.25) is 10.0 Å². The lowest BCUT2D eigenvalue weighted by atomic mass is 10.2. The highest BCUT2D eigenvalue weighted by Crippen LogP contribution is 2.24. The van der Waals surface area contributed by atoms with Gasteiger partial charge >= 0.3 is 11.7 Å². The molecule has 1 N–H and O–H groups in total. The molecule has 0 spiro atoms. The number of sulfonamides is 1. The number of aromatic amines is 1. The van der Waals surface area contributed by atoms with Crippen molar-refractivity contribution >= 4 is 27.0 Å². The lowest BCUT2D eigenvalue weighted by Crippen LogP contribution is -2.36. The van der Waals surface area contributed by atoms with Crippen LogP contribution in [0.5, 0.6) is 0 Å². The van der Waals surface area contributed by atoms with Crippen molar-refractivity contribution in [3.05, 3.63) is 64.3 Å². The molecule has 0 amide bonds. The molecule has 0 bridgehead atoms. The summed E-state index contributed by atoms with van der Waals surface area (Å²) >= 11 is 0. The maximum Gasteiger partial charge on any atom is 0.338 e. The van der Waals surface area contributed by atoms with Gasteiger partial charge in [-0.2, -0.15) is 4.31 Å². The van der Waals surface area contributed by atoms with Crippen LogP contribution >= 0.6 is 0 Å². The average Bonchev–Trinajstić information content (AvgIpc) is 3.12. The van der Waals surface area contributed by atoms with Crippen LogP contribution in [0.2, 0.25) is 0 Å². The van der Waals surface area contributed by atoms with E-state index in [0.29, 0.717) is 26.1 Å². The van der Waals surface area contributed by atoms with Crippen LogP contribution in [0.3, 0.4) is 0 Å². The first-order valence-corrected chi connectivity index (χ1v) is 12.0. The monoisotopic (exact) mass is 461 g/mol. The van der Waals surface area contributed by atoms with Gasteiger partial charge in [0.05, 0.1) is 23.2 Å². The summed E-state index contributed by atoms with van der Waals surface area (Å²) in [5.74, 6) is -1.64. The van der Waals surface area contributed by atoms with Crippen molar-refractivity contribution in [3.8, 4) is 0 Å². The number of carbonyl (C=O) groups is 1. The molecule has 0 radical (unpaired) electrons. The summed E-state index contributed by atoms with van der Waals surface area (Å²) in [5, 5.41) is 0. The van der Waals surface area contributed by atoms with Gasteiger partial charge < -0.3 is 9.72 Å². The van der Waals surface area contributed by atoms with Gasteiger partial charge in [-0.1, -0.05) is 18.6 Å². The fraction of sp³-hybridized carbons (Fsp3) is 0.364. The van der Waals surface area contributed by atoms with Crippen LogP contribution in [-0.4, -0.2) is 47.9 Å². The Morgan fingerprint density at radius 1 is 1.09 bits per heavy atom. The predicted molar refractivity (Wildman–Crippen MR) is 116 cm³/mol. The van der Waals surface area contributed by atoms with Crippen LogP contribution in [0.4, 0.5) is 4.39 Å². The number of ether oxygens (including phenoxy) is 1. The Labute approximate surface area is 184 Å². The summed E-state index contributed by atoms with van der Waals surface area (Å²) in [6.45, 7) is 1.04. The lowest BCUT2D eigenvalue weighted by molar-refractivity contribution is 0.0495. The van der Waals surface area contributed by atoms with Crippen LogP contribution < -0.4 is 5.69 Å². The number of nitrogens with one attached hydrogen (secondary N) is 1. The zero-order valence-corrected chi connectivity index (χ0v) is 18.2. The van der Waals surface area contributed by atoms with E-state index < -0.39 is 26.7 Å². The number of imidazole rings is 1. The van der Waals surface area contributed by atoms with Crippen molar-refractivity contribution in [2.24, 2.45) is 0 Å². The number of H-pyrrole nitrogens is 1. The Morgan fingerprint density at radius 2 is 1.84 bits per heavy atom. The van der Waals surface area contributed by atoms with Crippen LogP contribution in [0.25, 0.3) is 11.0 Å². The molecule has 3 aromatic rings. The van der Waals surface area contributed by atoms with E-state index in [1.807, 2.05) is 18.2 Å². The Hall–Kier alpha value is -2.98. The highest BCUT2D eigenvalue weighted by Gasteiger charge is 2.29. The number of halogens is 1. The lowest BCUT2D eigenvalue weighted by Gasteiger charge is -2.26. The number of para-hydroxylation sites is 2. The normalized spacial score (nSPS) is 15.2. The van der Waals surface area contributed by atoms with Crippen LogP contribution in [-0.2, 0) is 21.3 Å². The molecule has 1 fully saturated rings. The minimum absolute atomic E-state index is 0.0242. The quantitative estimate of drug-likeness (QED) is 0.431. The first-order chi connectivity index (χ1) is 15.4. The SMILES string of the molecule is O=C(OCCCn1c(=O)[nH]c2ccccc21)c1ccc(F)c(S(=O)(=O)N2CCCCC2)c1. The largest absolute Gasteiger partial charge is 0.462 e. The summed E-state index contributed by atoms with van der Waals surface area (Å²) in [6, 6.07) is 10.5. The molecule has 0 unspecified atom stereocenters. The van der Waals surface area contributed by atoms with E-state index in [9.17, 15) is 22.4 Å². The van der Waals surface area contributed by atoms with Gasteiger partial charge in [-0.15, -0.1) is 0 Å². The van der Waals surface area contributed by atoms with E-state index in [1.54, 1.807) is 10.6 Å². The van der Waals surface area contributed by atoms with E-state index >= 15 is 0 Å². The number of aromatic nitrogens is 2. The molecule has 2 aromatic carbocycles. The Kier molecular flexibility index (Phi) is 6.43. The van der Waals surface area contributed by atoms with E-state index in [0.717, 1.165) is 42.4 Å². The molecule has 0 saturated carbocycles. The van der Waals surface area contributed by atoms with Crippen LogP contribution in [0, 0.1) is 5.82 Å². The molecule has 8 nitrogen and oxygen atoms in total. The van der Waals surface area contributed by atoms with Gasteiger partial charge in [-0.05, 0) is 49.6 Å². The second-order valence-corrected chi connectivity index (χ2v) is 9.60. The van der Waals surface area contributed by atoms with Gasteiger partial charge in [0.15, 0.2) is 0 Å². The molecule has 2 heterocycles. The summed E-state index contributed by atoms with van der Waals surface area (Å²) in [4.78, 5) is 26.8. The molecule has 170 valence electrons. The predicted octanol–water partition coefficient (Wildman–Crippen LogP) is 2.89. The van der Waals surface area contributed by atoms with Gasteiger partial charge in [0.1, 0.15) is 10.7 Å². The number of hydrogen-bond donors (Lipinski definition) is 1. The fourth-order valence-electron chi connectivity index (χ4n) is 3.87. The number of rotatable bonds is 7. The third-order valence-electron chi connectivity index (χ3n) is 5.54. The number of carbonyl (C=O) groups excluding carboxylic acids is 1. The van der Waals surface area contributed by atoms with Crippen molar-refractivity contribution in [3.63, 3.8) is 0 Å². The Bertz CT molecular complexity index is 1290. The van der Waals surface area contributed by atoms with E-state index in [1.165, 1.54) is 10.4 Å². The Balaban J connectivity index is 1.41. The third-order valence-corrected chi connectivity index (χ3v) is 7.45. The summed E-state index contributed by atoms with van der Waals surface area (Å²) in [6.07, 6.45) is 2.77. The van der Waals surface area contributed by atoms with Crippen molar-refractivity contribution in [2.75, 3.05) is 19.7 Å². The zero-order chi connectivity index (χ0) is 22.7. The molecule has 10 heteroatoms. The van der Waals surface area contributed by atoms with Gasteiger partial charge in [-0.3, -0.25) is 4.57 Å². The first-order valence-electron chi connectivity index (χ1n) is 10.5. The minimum atomic E-state index is -4.02. The van der Waals surface area contributed by atoms with Gasteiger partial charge in [0.25, 0.3) is 0 Å². The second kappa shape index (κ2) is 9.25. The molecule has 0 atom stereocenters. The van der Waals surface area contributed by atoms with Gasteiger partial charge in [0, 0.05) is 19.6 Å². The number of nitrogens with zero attached hydrogens (tertiary/aromatic N) is 2. The summed E-state index contributed by atoms with van der Waals surface area (Å²) < 4.78 is 48.0. The summed E-state index contributed by atoms with van der Waals surface area (Å²) in [7, 11) is -4.02. The molecule has 1 aliphatic rings. The average molecular weight is 462 g/mol. The molecule has 4 rings (SSSR count). The minimum Gasteiger partial charge on any atom is -0.462 e. The smallest absolute Gasteiger partial charge is 0.338 e. The Morgan fingerprint density at radius 3 is 2.62 bits per heavy atom. The molecular formula is C22H24FN3O5S. The maximum atomic E-state index is 14.3. The first kappa shape index (κ1) is 22.2. The maximum absolute atomic E-state index is 14.3. The van der Waals surface area contributed by atoms with Crippen LogP contribution in [0.15, 0.2) is 52.2 Å². The highest BCUT2D eigenvalue weighted by atomic mass is 32.2. The zero-order valence-electron chi connectivity index (χ0n) is 17.4. The number of piperidine rings is 1. The summed E-state index contributed by atoms with van der Waals surface area (Å²) in [5.41, 5.74) is 1.20. The van der Waals surface area contributed by atoms with Crippen LogP contribution in [0.1, 0.15) is 36.0 Å². The highest BCUT2D eigenvalue weighted by molar-refractivity contribution is 7.89. The van der Waals surface area contributed by atoms with Crippen molar-refractivity contribution < 1.29 is 22.3 Å². The molecule has 32 heavy (non-hydrogen) atoms. The van der Waals surface area contributed by atoms with Crippen molar-refractivity contribution in [1.29, 1.82) is 0 Å². The molecule has 0 aliphatic carbocycles. The molecular weight excluding hydrogens is 437 g/mol. The molecule has 1 aliphatic heterocycles. The van der Waals surface area contributed by atoms with Gasteiger partial charge in [-0.25, -0.2) is 22.4 Å². The number of esters is 1. The number of hydrogen-bond acceptors (Lipinski definition) is 5. The topological polar surface area (TPSA) is 101 Å². The van der Waals surface area contributed by atoms with E-state index in [-0.39, 0.29) is 17.9 Å². The standard InChI is InChI=1S/C22H24FN3O5S/c23-17-10-9-16(15-20(17)32(29,30)25-11-4-1-5-12-25)21(27)31-14-6-13-26-19-8-3-2-7-18(19)24-22(26)28/h2-3,7-10,15H,1,4-6,11-14H2,(H,24,28). The second-order valence-electron chi connectivity index (χ2n) is 7.70. The number of aryl methyl sites for hydroxylation is 1. The molecule has 1 saturated heterocycles. The third kappa shape index (κ3) is 4.46. The molecule has 1 aromatic heterocycles. The van der Waals surface area contributed by atoms with E-state index in [2.05, 4.69) is 4.98 Å². The number of fused-ring (bicyclic) bond motifs is 1. The van der Waals surface area contributed by atoms with E-state index in [4.69, 9.17) is 4.74 Å². The van der Waals surface area contributed by atoms with Crippen molar-refractivity contribution in [1.82, 2.24) is 13.9 Å². The van der Waals surface area contributed by atoms with Crippen molar-refractivity contribution in [2.45, 2.75) is 37.1 Å². The fourth-order valence-corrected chi connectivity index (χ4v) is 5.48. The number of benzene rings is 2.